The number of benzene rings is 2. The molecule has 0 saturated carbocycles. The number of carbonyl (C=O) groups is 2. The first-order valence-electron chi connectivity index (χ1n) is 10.6. The molecule has 0 aliphatic carbocycles. The summed E-state index contributed by atoms with van der Waals surface area (Å²) in [6.07, 6.45) is 0.765. The molecule has 174 valence electrons. The van der Waals surface area contributed by atoms with Crippen molar-refractivity contribution in [3.63, 3.8) is 0 Å². The van der Waals surface area contributed by atoms with Crippen LogP contribution in [0.15, 0.2) is 29.4 Å². The molecule has 2 aromatic carbocycles. The summed E-state index contributed by atoms with van der Waals surface area (Å²) in [5.41, 5.74) is 3.33. The van der Waals surface area contributed by atoms with Crippen molar-refractivity contribution in [2.75, 3.05) is 6.61 Å². The smallest absolute Gasteiger partial charge is 0.286 e. The number of nitrogens with zero attached hydrogens (tertiary/aromatic N) is 1. The largest absolute Gasteiger partial charge is 0.507 e. The topological polar surface area (TPSA) is 117 Å². The zero-order valence-electron chi connectivity index (χ0n) is 18.9. The first-order valence-corrected chi connectivity index (χ1v) is 11.5. The van der Waals surface area contributed by atoms with Crippen LogP contribution in [0.25, 0.3) is 0 Å². The molecule has 9 heteroatoms. The molecular weight excluding hydrogens is 444 g/mol. The second-order valence-electron chi connectivity index (χ2n) is 8.72. The van der Waals surface area contributed by atoms with Gasteiger partial charge in [-0.15, -0.1) is 0 Å². The number of ether oxygens (including phenoxy) is 2. The molecule has 2 amide bonds. The average molecular weight is 471 g/mol. The van der Waals surface area contributed by atoms with E-state index in [4.69, 9.17) is 9.47 Å². The fraction of sp³-hybridized carbons (Fsp3) is 0.375. The lowest BCUT2D eigenvalue weighted by Gasteiger charge is -2.37. The first kappa shape index (κ1) is 23.0. The Labute approximate surface area is 196 Å². The minimum Gasteiger partial charge on any atom is -0.507 e. The van der Waals surface area contributed by atoms with Crippen LogP contribution in [0.1, 0.15) is 41.2 Å². The van der Waals surface area contributed by atoms with Crippen molar-refractivity contribution in [3.8, 4) is 17.2 Å². The van der Waals surface area contributed by atoms with Crippen LogP contribution in [-0.2, 0) is 11.2 Å². The minimum absolute atomic E-state index is 0.175. The van der Waals surface area contributed by atoms with Crippen LogP contribution in [0, 0.1) is 20.8 Å². The van der Waals surface area contributed by atoms with Crippen molar-refractivity contribution in [1.82, 2.24) is 5.32 Å². The van der Waals surface area contributed by atoms with E-state index in [2.05, 4.69) is 10.5 Å². The van der Waals surface area contributed by atoms with E-state index in [-0.39, 0.29) is 23.5 Å². The van der Waals surface area contributed by atoms with E-state index in [9.17, 15) is 19.9 Å². The van der Waals surface area contributed by atoms with Gasteiger partial charge in [0, 0.05) is 17.5 Å². The Kier molecular flexibility index (Phi) is 6.00. The Morgan fingerprint density at radius 2 is 1.88 bits per heavy atom. The number of imide groups is 1. The average Bonchev–Trinajstić information content (AvgIpc) is 3.11. The van der Waals surface area contributed by atoms with Gasteiger partial charge in [0.2, 0.25) is 5.91 Å². The van der Waals surface area contributed by atoms with Crippen LogP contribution in [0.5, 0.6) is 17.2 Å². The van der Waals surface area contributed by atoms with Crippen LogP contribution in [0.3, 0.4) is 0 Å². The molecule has 0 aromatic heterocycles. The molecule has 2 heterocycles. The number of oxime groups is 1. The molecule has 2 atom stereocenters. The summed E-state index contributed by atoms with van der Waals surface area (Å²) in [6, 6.07) is 7.36. The van der Waals surface area contributed by atoms with E-state index < -0.39 is 10.9 Å². The molecule has 4 rings (SSSR count). The summed E-state index contributed by atoms with van der Waals surface area (Å²) in [5, 5.41) is 25.2. The number of thioether (sulfide) groups is 1. The quantitative estimate of drug-likeness (QED) is 0.446. The number of hydrogen-bond acceptors (Lipinski definition) is 8. The fourth-order valence-corrected chi connectivity index (χ4v) is 5.03. The molecule has 2 aromatic rings. The van der Waals surface area contributed by atoms with Gasteiger partial charge in [-0.25, -0.2) is 0 Å². The van der Waals surface area contributed by atoms with E-state index in [1.54, 1.807) is 6.92 Å². The number of amides is 2. The Balaban J connectivity index is 1.48. The second-order valence-corrected chi connectivity index (χ2v) is 9.90. The van der Waals surface area contributed by atoms with Gasteiger partial charge in [0.25, 0.3) is 5.24 Å². The molecule has 1 saturated heterocycles. The molecule has 0 bridgehead atoms. The molecule has 1 fully saturated rings. The van der Waals surface area contributed by atoms with Gasteiger partial charge in [-0.2, -0.15) is 0 Å². The maximum absolute atomic E-state index is 11.8. The number of phenolic OH excluding ortho intramolecular Hbond substituents is 1. The SMILES string of the molecule is Cc1c(C)c2c(c(C)c1O)/C(=N/O)CC(C)(COc1ccc(CC3SC(=O)NC3=O)cc1)O2. The van der Waals surface area contributed by atoms with Crippen molar-refractivity contribution in [2.24, 2.45) is 5.16 Å². The van der Waals surface area contributed by atoms with Crippen LogP contribution in [0.4, 0.5) is 4.79 Å². The van der Waals surface area contributed by atoms with Crippen LogP contribution in [-0.4, -0.2) is 44.6 Å². The van der Waals surface area contributed by atoms with Crippen LogP contribution < -0.4 is 14.8 Å². The molecule has 0 spiro atoms. The third-order valence-corrected chi connectivity index (χ3v) is 7.15. The monoisotopic (exact) mass is 470 g/mol. The predicted molar refractivity (Wildman–Crippen MR) is 125 cm³/mol. The number of rotatable bonds is 5. The van der Waals surface area contributed by atoms with Crippen molar-refractivity contribution >= 4 is 28.6 Å². The minimum atomic E-state index is -0.785. The molecule has 2 unspecified atom stereocenters. The molecule has 33 heavy (non-hydrogen) atoms. The third-order valence-electron chi connectivity index (χ3n) is 6.17. The Bertz CT molecular complexity index is 1160. The van der Waals surface area contributed by atoms with Gasteiger partial charge in [-0.05, 0) is 62.9 Å². The number of hydrogen-bond donors (Lipinski definition) is 3. The summed E-state index contributed by atoms with van der Waals surface area (Å²) in [5.74, 6) is 1.13. The highest BCUT2D eigenvalue weighted by molar-refractivity contribution is 8.15. The van der Waals surface area contributed by atoms with Gasteiger partial charge in [0.15, 0.2) is 0 Å². The molecule has 2 aliphatic heterocycles. The van der Waals surface area contributed by atoms with Gasteiger partial charge in [-0.1, -0.05) is 29.1 Å². The summed E-state index contributed by atoms with van der Waals surface area (Å²) in [7, 11) is 0. The Morgan fingerprint density at radius 3 is 2.48 bits per heavy atom. The van der Waals surface area contributed by atoms with Gasteiger partial charge in [0.1, 0.15) is 29.5 Å². The third kappa shape index (κ3) is 4.37. The second kappa shape index (κ2) is 8.62. The van der Waals surface area contributed by atoms with Crippen molar-refractivity contribution < 1.29 is 29.4 Å². The van der Waals surface area contributed by atoms with E-state index in [0.717, 1.165) is 28.5 Å². The normalized spacial score (nSPS) is 23.3. The van der Waals surface area contributed by atoms with Gasteiger partial charge >= 0.3 is 0 Å². The first-order chi connectivity index (χ1) is 15.6. The highest BCUT2D eigenvalue weighted by Gasteiger charge is 2.39. The number of phenols is 1. The Morgan fingerprint density at radius 1 is 1.18 bits per heavy atom. The van der Waals surface area contributed by atoms with Crippen LogP contribution >= 0.6 is 11.8 Å². The maximum Gasteiger partial charge on any atom is 0.286 e. The van der Waals surface area contributed by atoms with E-state index >= 15 is 0 Å². The predicted octanol–water partition coefficient (Wildman–Crippen LogP) is 4.01. The summed E-state index contributed by atoms with van der Waals surface area (Å²) in [4.78, 5) is 23.1. The molecule has 3 N–H and O–H groups in total. The number of carbonyl (C=O) groups excluding carboxylic acids is 2. The Hall–Kier alpha value is -3.20. The maximum atomic E-state index is 11.8. The molecule has 0 radical (unpaired) electrons. The van der Waals surface area contributed by atoms with Gasteiger partial charge < -0.3 is 19.8 Å². The van der Waals surface area contributed by atoms with Gasteiger partial charge in [0.05, 0.1) is 11.0 Å². The standard InChI is InChI=1S/C24H26N2O6S/c1-12-13(2)21-19(14(3)20(12)27)17(26-30)10-24(4,32-21)11-31-16-7-5-15(6-8-16)9-18-22(28)25-23(29)33-18/h5-8,18,27,30H,9-11H2,1-4H3,(H,25,28,29)/b26-17+. The molecule has 2 aliphatic rings. The highest BCUT2D eigenvalue weighted by atomic mass is 32.2. The number of nitrogens with one attached hydrogen (secondary N) is 1. The lowest BCUT2D eigenvalue weighted by molar-refractivity contribution is -0.118. The molecular formula is C24H26N2O6S. The fourth-order valence-electron chi connectivity index (χ4n) is 4.17. The number of aromatic hydroxyl groups is 1. The van der Waals surface area contributed by atoms with Crippen LogP contribution in [0.2, 0.25) is 0 Å². The van der Waals surface area contributed by atoms with Crippen molar-refractivity contribution in [3.05, 3.63) is 52.1 Å². The lowest BCUT2D eigenvalue weighted by Crippen LogP contribution is -2.45. The van der Waals surface area contributed by atoms with E-state index in [1.807, 2.05) is 45.0 Å². The summed E-state index contributed by atoms with van der Waals surface area (Å²) >= 11 is 1.01. The number of fused-ring (bicyclic) bond motifs is 1. The summed E-state index contributed by atoms with van der Waals surface area (Å²) < 4.78 is 12.3. The zero-order chi connectivity index (χ0) is 23.9. The summed E-state index contributed by atoms with van der Waals surface area (Å²) in [6.45, 7) is 7.56. The zero-order valence-corrected chi connectivity index (χ0v) is 19.7. The van der Waals surface area contributed by atoms with Crippen molar-refractivity contribution in [2.45, 2.75) is 51.4 Å². The molecule has 8 nitrogen and oxygen atoms in total. The van der Waals surface area contributed by atoms with E-state index in [1.165, 1.54) is 0 Å². The van der Waals surface area contributed by atoms with Crippen molar-refractivity contribution in [1.29, 1.82) is 0 Å². The van der Waals surface area contributed by atoms with Gasteiger partial charge in [-0.3, -0.25) is 14.9 Å². The van der Waals surface area contributed by atoms with E-state index in [0.29, 0.717) is 41.2 Å². The highest BCUT2D eigenvalue weighted by Crippen LogP contribution is 2.43. The lowest BCUT2D eigenvalue weighted by atomic mass is 9.86.